The zero-order valence-corrected chi connectivity index (χ0v) is 13.5. The molecule has 0 saturated carbocycles. The first kappa shape index (κ1) is 17.5. The maximum atomic E-state index is 11.9. The Bertz CT molecular complexity index is 628. The minimum Gasteiger partial charge on any atom is -0.378 e. The van der Waals surface area contributed by atoms with E-state index in [2.05, 4.69) is 16.6 Å². The predicted octanol–water partition coefficient (Wildman–Crippen LogP) is 1.47. The van der Waals surface area contributed by atoms with E-state index in [0.29, 0.717) is 5.69 Å². The number of anilines is 1. The summed E-state index contributed by atoms with van der Waals surface area (Å²) in [5.74, 6) is 5.60. The molecule has 0 aliphatic carbocycles. The van der Waals surface area contributed by atoms with Gasteiger partial charge in [0.2, 0.25) is 10.0 Å². The van der Waals surface area contributed by atoms with Crippen molar-refractivity contribution in [1.82, 2.24) is 0 Å². The van der Waals surface area contributed by atoms with Crippen LogP contribution in [0.4, 0.5) is 5.69 Å². The van der Waals surface area contributed by atoms with Crippen molar-refractivity contribution in [2.45, 2.75) is 26.9 Å². The normalized spacial score (nSPS) is 11.1. The number of hydrogen-bond acceptors (Lipinski definition) is 4. The van der Waals surface area contributed by atoms with Crippen LogP contribution in [0.2, 0.25) is 0 Å². The molecule has 5 nitrogen and oxygen atoms in total. The number of benzene rings is 1. The summed E-state index contributed by atoms with van der Waals surface area (Å²) >= 11 is 0. The second-order valence-corrected chi connectivity index (χ2v) is 6.72. The number of aryl methyl sites for hydroxylation is 1. The van der Waals surface area contributed by atoms with Crippen molar-refractivity contribution in [3.8, 4) is 11.8 Å². The molecule has 0 bridgehead atoms. The van der Waals surface area contributed by atoms with Crippen molar-refractivity contribution in [2.75, 3.05) is 23.6 Å². The van der Waals surface area contributed by atoms with Crippen LogP contribution in [0.1, 0.15) is 25.0 Å². The molecule has 0 fully saturated rings. The van der Waals surface area contributed by atoms with E-state index in [0.717, 1.165) is 11.1 Å². The van der Waals surface area contributed by atoms with Gasteiger partial charge < -0.3 is 10.5 Å². The Labute approximate surface area is 126 Å². The van der Waals surface area contributed by atoms with Crippen LogP contribution in [0, 0.1) is 18.8 Å². The second-order valence-electron chi connectivity index (χ2n) is 4.88. The quantitative estimate of drug-likeness (QED) is 0.780. The Hall–Kier alpha value is -1.55. The molecule has 0 heterocycles. The van der Waals surface area contributed by atoms with E-state index in [1.165, 1.54) is 0 Å². The molecule has 0 unspecified atom stereocenters. The van der Waals surface area contributed by atoms with Gasteiger partial charge in [0, 0.05) is 11.3 Å². The summed E-state index contributed by atoms with van der Waals surface area (Å²) in [7, 11) is -3.43. The topological polar surface area (TPSA) is 81.4 Å². The Morgan fingerprint density at radius 1 is 1.38 bits per heavy atom. The molecule has 0 aliphatic heterocycles. The van der Waals surface area contributed by atoms with Gasteiger partial charge in [-0.25, -0.2) is 8.42 Å². The van der Waals surface area contributed by atoms with Crippen molar-refractivity contribution >= 4 is 15.7 Å². The molecule has 116 valence electrons. The SMILES string of the molecule is Cc1ccc(NS(=O)(=O)CCOC(C)C)cc1C#CCN. The summed E-state index contributed by atoms with van der Waals surface area (Å²) in [5, 5.41) is 0. The van der Waals surface area contributed by atoms with Gasteiger partial charge in [-0.3, -0.25) is 4.72 Å². The first-order chi connectivity index (χ1) is 9.84. The maximum absolute atomic E-state index is 11.9. The van der Waals surface area contributed by atoms with Crippen molar-refractivity contribution in [3.63, 3.8) is 0 Å². The Morgan fingerprint density at radius 3 is 2.71 bits per heavy atom. The highest BCUT2D eigenvalue weighted by Crippen LogP contribution is 2.16. The Morgan fingerprint density at radius 2 is 2.10 bits per heavy atom. The third-order valence-corrected chi connectivity index (χ3v) is 3.89. The molecule has 1 aromatic rings. The largest absolute Gasteiger partial charge is 0.378 e. The van der Waals surface area contributed by atoms with E-state index in [-0.39, 0.29) is 25.0 Å². The van der Waals surface area contributed by atoms with Crippen LogP contribution in [0.15, 0.2) is 18.2 Å². The highest BCUT2D eigenvalue weighted by molar-refractivity contribution is 7.92. The minimum atomic E-state index is -3.43. The van der Waals surface area contributed by atoms with Crippen LogP contribution >= 0.6 is 0 Å². The van der Waals surface area contributed by atoms with Crippen molar-refractivity contribution in [2.24, 2.45) is 5.73 Å². The molecule has 0 aliphatic rings. The van der Waals surface area contributed by atoms with Gasteiger partial charge in [0.05, 0.1) is 25.0 Å². The lowest BCUT2D eigenvalue weighted by Gasteiger charge is -2.11. The molecular weight excluding hydrogens is 288 g/mol. The fourth-order valence-electron chi connectivity index (χ4n) is 1.59. The first-order valence-electron chi connectivity index (χ1n) is 6.76. The average Bonchev–Trinajstić information content (AvgIpc) is 2.38. The number of sulfonamides is 1. The van der Waals surface area contributed by atoms with Crippen molar-refractivity contribution in [3.05, 3.63) is 29.3 Å². The van der Waals surface area contributed by atoms with Crippen LogP contribution in [0.25, 0.3) is 0 Å². The van der Waals surface area contributed by atoms with Crippen LogP contribution in [-0.4, -0.2) is 33.4 Å². The van der Waals surface area contributed by atoms with Gasteiger partial charge in [0.25, 0.3) is 0 Å². The summed E-state index contributed by atoms with van der Waals surface area (Å²) < 4.78 is 31.7. The summed E-state index contributed by atoms with van der Waals surface area (Å²) in [6.07, 6.45) is 0.0118. The van der Waals surface area contributed by atoms with E-state index >= 15 is 0 Å². The lowest BCUT2D eigenvalue weighted by molar-refractivity contribution is 0.0913. The summed E-state index contributed by atoms with van der Waals surface area (Å²) in [5.41, 5.74) is 7.58. The molecule has 0 atom stereocenters. The van der Waals surface area contributed by atoms with E-state index in [1.807, 2.05) is 26.8 Å². The van der Waals surface area contributed by atoms with Crippen LogP contribution < -0.4 is 10.5 Å². The van der Waals surface area contributed by atoms with Gasteiger partial charge in [0.15, 0.2) is 0 Å². The van der Waals surface area contributed by atoms with Crippen molar-refractivity contribution in [1.29, 1.82) is 0 Å². The van der Waals surface area contributed by atoms with Gasteiger partial charge >= 0.3 is 0 Å². The molecule has 0 saturated heterocycles. The van der Waals surface area contributed by atoms with E-state index in [9.17, 15) is 8.42 Å². The number of rotatable bonds is 6. The lowest BCUT2D eigenvalue weighted by atomic mass is 10.1. The highest BCUT2D eigenvalue weighted by atomic mass is 32.2. The predicted molar refractivity (Wildman–Crippen MR) is 85.6 cm³/mol. The fraction of sp³-hybridized carbons (Fsp3) is 0.467. The van der Waals surface area contributed by atoms with Crippen LogP contribution in [0.3, 0.4) is 0 Å². The second kappa shape index (κ2) is 8.03. The number of nitrogens with one attached hydrogen (secondary N) is 1. The van der Waals surface area contributed by atoms with Gasteiger partial charge in [-0.1, -0.05) is 17.9 Å². The molecule has 1 aromatic carbocycles. The Kier molecular flexibility index (Phi) is 6.69. The molecule has 3 N–H and O–H groups in total. The highest BCUT2D eigenvalue weighted by Gasteiger charge is 2.11. The zero-order chi connectivity index (χ0) is 15.9. The summed E-state index contributed by atoms with van der Waals surface area (Å²) in [6.45, 7) is 6.07. The van der Waals surface area contributed by atoms with E-state index in [1.54, 1.807) is 12.1 Å². The molecule has 21 heavy (non-hydrogen) atoms. The fourth-order valence-corrected chi connectivity index (χ4v) is 2.49. The number of ether oxygens (including phenoxy) is 1. The molecular formula is C15H22N2O3S. The van der Waals surface area contributed by atoms with Gasteiger partial charge in [-0.15, -0.1) is 0 Å². The van der Waals surface area contributed by atoms with E-state index in [4.69, 9.17) is 10.5 Å². The lowest BCUT2D eigenvalue weighted by Crippen LogP contribution is -2.21. The third-order valence-electron chi connectivity index (χ3n) is 2.64. The molecule has 0 aromatic heterocycles. The third kappa shape index (κ3) is 6.63. The van der Waals surface area contributed by atoms with Gasteiger partial charge in [0.1, 0.15) is 0 Å². The molecule has 1 rings (SSSR count). The smallest absolute Gasteiger partial charge is 0.235 e. The molecule has 0 amide bonds. The number of hydrogen-bond donors (Lipinski definition) is 2. The Balaban J connectivity index is 2.78. The first-order valence-corrected chi connectivity index (χ1v) is 8.41. The monoisotopic (exact) mass is 310 g/mol. The van der Waals surface area contributed by atoms with Crippen LogP contribution in [0.5, 0.6) is 0 Å². The molecule has 0 spiro atoms. The molecule has 0 radical (unpaired) electrons. The maximum Gasteiger partial charge on any atom is 0.235 e. The summed E-state index contributed by atoms with van der Waals surface area (Å²) in [6, 6.07) is 5.24. The number of nitrogens with two attached hydrogens (primary N) is 1. The van der Waals surface area contributed by atoms with Gasteiger partial charge in [-0.05, 0) is 38.5 Å². The standard InChI is InChI=1S/C15H22N2O3S/c1-12(2)20-9-10-21(18,19)17-15-7-6-13(3)14(11-15)5-4-8-16/h6-7,11-12,17H,8-10,16H2,1-3H3. The zero-order valence-electron chi connectivity index (χ0n) is 12.6. The van der Waals surface area contributed by atoms with Crippen molar-refractivity contribution < 1.29 is 13.2 Å². The minimum absolute atomic E-state index is 0.0118. The summed E-state index contributed by atoms with van der Waals surface area (Å²) in [4.78, 5) is 0. The molecule has 6 heteroatoms. The van der Waals surface area contributed by atoms with Gasteiger partial charge in [-0.2, -0.15) is 0 Å². The van der Waals surface area contributed by atoms with E-state index < -0.39 is 10.0 Å². The van der Waals surface area contributed by atoms with Crippen LogP contribution in [-0.2, 0) is 14.8 Å². The average molecular weight is 310 g/mol.